The molecule has 0 atom stereocenters. The van der Waals surface area contributed by atoms with Gasteiger partial charge in [-0.3, -0.25) is 9.59 Å². The second-order valence-corrected chi connectivity index (χ2v) is 5.10. The van der Waals surface area contributed by atoms with Gasteiger partial charge in [-0.2, -0.15) is 5.26 Å². The summed E-state index contributed by atoms with van der Waals surface area (Å²) in [6.07, 6.45) is 0.208. The van der Waals surface area contributed by atoms with Crippen LogP contribution in [0.25, 0.3) is 0 Å². The lowest BCUT2D eigenvalue weighted by Crippen LogP contribution is -2.40. The van der Waals surface area contributed by atoms with Crippen LogP contribution in [0, 0.1) is 11.3 Å². The maximum absolute atomic E-state index is 11.5. The molecule has 0 spiro atoms. The summed E-state index contributed by atoms with van der Waals surface area (Å²) in [7, 11) is 0. The molecule has 0 saturated carbocycles. The molecule has 0 unspecified atom stereocenters. The van der Waals surface area contributed by atoms with E-state index in [0.717, 1.165) is 16.8 Å². The summed E-state index contributed by atoms with van der Waals surface area (Å²) >= 11 is 0. The van der Waals surface area contributed by atoms with Crippen LogP contribution >= 0.6 is 0 Å². The third-order valence-electron chi connectivity index (χ3n) is 3.14. The van der Waals surface area contributed by atoms with Gasteiger partial charge in [-0.15, -0.1) is 0 Å². The Morgan fingerprint density at radius 1 is 1.53 bits per heavy atom. The van der Waals surface area contributed by atoms with Gasteiger partial charge in [0.05, 0.1) is 18.0 Å². The lowest BCUT2D eigenvalue weighted by atomic mass is 9.92. The number of amides is 2. The Morgan fingerprint density at radius 3 is 2.95 bits per heavy atom. The van der Waals surface area contributed by atoms with Crippen molar-refractivity contribution in [2.24, 2.45) is 0 Å². The first-order valence-electron chi connectivity index (χ1n) is 6.03. The number of nitriles is 1. The lowest BCUT2D eigenvalue weighted by molar-refractivity contribution is -0.121. The van der Waals surface area contributed by atoms with E-state index in [-0.39, 0.29) is 18.2 Å². The van der Waals surface area contributed by atoms with E-state index in [2.05, 4.69) is 10.6 Å². The molecular formula is C14H15N3O2. The molecule has 2 amide bonds. The quantitative estimate of drug-likeness (QED) is 0.859. The summed E-state index contributed by atoms with van der Waals surface area (Å²) in [5.41, 5.74) is 2.10. The van der Waals surface area contributed by atoms with Crippen LogP contribution < -0.4 is 10.6 Å². The second kappa shape index (κ2) is 4.73. The molecule has 1 aromatic carbocycles. The maximum atomic E-state index is 11.5. The van der Waals surface area contributed by atoms with Gasteiger partial charge in [0.15, 0.2) is 0 Å². The number of hydrogen-bond donors (Lipinski definition) is 2. The lowest BCUT2D eigenvalue weighted by Gasteiger charge is -2.27. The molecule has 5 nitrogen and oxygen atoms in total. The highest BCUT2D eigenvalue weighted by Crippen LogP contribution is 2.28. The van der Waals surface area contributed by atoms with Crippen molar-refractivity contribution >= 4 is 17.5 Å². The van der Waals surface area contributed by atoms with Gasteiger partial charge in [0.25, 0.3) is 0 Å². The predicted octanol–water partition coefficient (Wildman–Crippen LogP) is 1.45. The Kier molecular flexibility index (Phi) is 3.26. The fraction of sp³-hybridized carbons (Fsp3) is 0.357. The minimum Gasteiger partial charge on any atom is -0.346 e. The molecule has 0 aromatic heterocycles. The molecule has 2 rings (SSSR count). The molecule has 2 N–H and O–H groups in total. The fourth-order valence-corrected chi connectivity index (χ4v) is 2.15. The molecule has 98 valence electrons. The van der Waals surface area contributed by atoms with E-state index < -0.39 is 5.54 Å². The van der Waals surface area contributed by atoms with Gasteiger partial charge < -0.3 is 10.6 Å². The molecule has 0 bridgehead atoms. The molecule has 1 aliphatic heterocycles. The van der Waals surface area contributed by atoms with Gasteiger partial charge in [0.1, 0.15) is 6.42 Å². The SMILES string of the molecule is CC(C)(NC(=O)CC#N)c1ccc2c(c1)CC(=O)N2. The first-order valence-corrected chi connectivity index (χ1v) is 6.03. The number of carbonyl (C=O) groups is 2. The monoisotopic (exact) mass is 257 g/mol. The summed E-state index contributed by atoms with van der Waals surface area (Å²) in [4.78, 5) is 22.8. The van der Waals surface area contributed by atoms with Crippen molar-refractivity contribution in [3.63, 3.8) is 0 Å². The highest BCUT2D eigenvalue weighted by molar-refractivity contribution is 5.99. The van der Waals surface area contributed by atoms with Crippen LogP contribution in [0.15, 0.2) is 18.2 Å². The molecule has 19 heavy (non-hydrogen) atoms. The van der Waals surface area contributed by atoms with Crippen molar-refractivity contribution in [1.82, 2.24) is 5.32 Å². The smallest absolute Gasteiger partial charge is 0.234 e. The van der Waals surface area contributed by atoms with Crippen LogP contribution in [0.3, 0.4) is 0 Å². The number of nitrogens with one attached hydrogen (secondary N) is 2. The standard InChI is InChI=1S/C14H15N3O2/c1-14(2,17-12(18)5-6-15)10-3-4-11-9(7-10)8-13(19)16-11/h3-4,7H,5,8H2,1-2H3,(H,16,19)(H,17,18). The van der Waals surface area contributed by atoms with Crippen molar-refractivity contribution in [2.45, 2.75) is 32.2 Å². The van der Waals surface area contributed by atoms with Crippen LogP contribution in [0.2, 0.25) is 0 Å². The summed E-state index contributed by atoms with van der Waals surface area (Å²) in [5, 5.41) is 14.1. The molecule has 1 heterocycles. The van der Waals surface area contributed by atoms with Crippen LogP contribution in [-0.4, -0.2) is 11.8 Å². The Bertz CT molecular complexity index is 585. The van der Waals surface area contributed by atoms with Crippen molar-refractivity contribution in [3.05, 3.63) is 29.3 Å². The van der Waals surface area contributed by atoms with Crippen molar-refractivity contribution in [2.75, 3.05) is 5.32 Å². The van der Waals surface area contributed by atoms with Crippen LogP contribution in [0.1, 0.15) is 31.4 Å². The van der Waals surface area contributed by atoms with E-state index in [1.54, 1.807) is 0 Å². The molecular weight excluding hydrogens is 242 g/mol. The van der Waals surface area contributed by atoms with E-state index in [1.165, 1.54) is 0 Å². The number of nitrogens with zero attached hydrogens (tertiary/aromatic N) is 1. The molecule has 5 heteroatoms. The average molecular weight is 257 g/mol. The van der Waals surface area contributed by atoms with E-state index >= 15 is 0 Å². The van der Waals surface area contributed by atoms with Crippen molar-refractivity contribution < 1.29 is 9.59 Å². The Balaban J connectivity index is 2.22. The Hall–Kier alpha value is -2.35. The fourth-order valence-electron chi connectivity index (χ4n) is 2.15. The van der Waals surface area contributed by atoms with Gasteiger partial charge in [0, 0.05) is 5.69 Å². The number of carbonyl (C=O) groups excluding carboxylic acids is 2. The summed E-state index contributed by atoms with van der Waals surface area (Å²) < 4.78 is 0. The largest absolute Gasteiger partial charge is 0.346 e. The summed E-state index contributed by atoms with van der Waals surface area (Å²) in [6.45, 7) is 3.74. The summed E-state index contributed by atoms with van der Waals surface area (Å²) in [6, 6.07) is 7.45. The normalized spacial score (nSPS) is 13.4. The zero-order valence-electron chi connectivity index (χ0n) is 10.9. The number of fused-ring (bicyclic) bond motifs is 1. The first-order chi connectivity index (χ1) is 8.92. The van der Waals surface area contributed by atoms with Crippen LogP contribution in [0.4, 0.5) is 5.69 Å². The third kappa shape index (κ3) is 2.74. The number of anilines is 1. The maximum Gasteiger partial charge on any atom is 0.234 e. The predicted molar refractivity (Wildman–Crippen MR) is 70.2 cm³/mol. The van der Waals surface area contributed by atoms with Crippen molar-refractivity contribution in [3.8, 4) is 6.07 Å². The van der Waals surface area contributed by atoms with Gasteiger partial charge in [0.2, 0.25) is 11.8 Å². The minimum atomic E-state index is -0.575. The van der Waals surface area contributed by atoms with E-state index in [9.17, 15) is 9.59 Å². The topological polar surface area (TPSA) is 82.0 Å². The molecule has 1 aromatic rings. The van der Waals surface area contributed by atoms with Gasteiger partial charge in [-0.1, -0.05) is 12.1 Å². The van der Waals surface area contributed by atoms with E-state index in [1.807, 2.05) is 38.1 Å². The van der Waals surface area contributed by atoms with E-state index in [4.69, 9.17) is 5.26 Å². The highest BCUT2D eigenvalue weighted by atomic mass is 16.2. The van der Waals surface area contributed by atoms with Crippen molar-refractivity contribution in [1.29, 1.82) is 5.26 Å². The molecule has 0 radical (unpaired) electrons. The molecule has 1 aliphatic rings. The van der Waals surface area contributed by atoms with Crippen LogP contribution in [-0.2, 0) is 21.5 Å². The molecule has 0 fully saturated rings. The van der Waals surface area contributed by atoms with Gasteiger partial charge in [-0.25, -0.2) is 0 Å². The molecule has 0 saturated heterocycles. The average Bonchev–Trinajstić information content (AvgIpc) is 2.67. The van der Waals surface area contributed by atoms with Crippen LogP contribution in [0.5, 0.6) is 0 Å². The van der Waals surface area contributed by atoms with E-state index in [0.29, 0.717) is 6.42 Å². The number of hydrogen-bond acceptors (Lipinski definition) is 3. The van der Waals surface area contributed by atoms with Gasteiger partial charge in [-0.05, 0) is 31.0 Å². The highest BCUT2D eigenvalue weighted by Gasteiger charge is 2.25. The first kappa shape index (κ1) is 13.1. The third-order valence-corrected chi connectivity index (χ3v) is 3.14. The minimum absolute atomic E-state index is 0.0153. The summed E-state index contributed by atoms with van der Waals surface area (Å²) in [5.74, 6) is -0.319. The molecule has 0 aliphatic carbocycles. The Labute approximate surface area is 111 Å². The van der Waals surface area contributed by atoms with Gasteiger partial charge >= 0.3 is 0 Å². The Morgan fingerprint density at radius 2 is 2.26 bits per heavy atom. The second-order valence-electron chi connectivity index (χ2n) is 5.10. The zero-order chi connectivity index (χ0) is 14.0. The number of benzene rings is 1. The number of rotatable bonds is 3. The zero-order valence-corrected chi connectivity index (χ0v) is 10.9.